The Morgan fingerprint density at radius 3 is 2.71 bits per heavy atom. The fraction of sp³-hybridized carbons (Fsp3) is 0.417. The standard InChI is InChI=1S/C12H17FN2O2/c1-8-6-9(14)7-10(11(8)13)12(16)17-5-4-15(2)3/h6-7H,4-5,14H2,1-3H3. The molecule has 5 heteroatoms. The maximum atomic E-state index is 13.7. The summed E-state index contributed by atoms with van der Waals surface area (Å²) in [7, 11) is 3.72. The molecule has 1 rings (SSSR count). The van der Waals surface area contributed by atoms with Gasteiger partial charge in [0, 0.05) is 12.2 Å². The zero-order valence-corrected chi connectivity index (χ0v) is 10.3. The number of nitrogens with two attached hydrogens (primary N) is 1. The minimum absolute atomic E-state index is 0.110. The van der Waals surface area contributed by atoms with Crippen LogP contribution in [0, 0.1) is 12.7 Å². The third-order valence-corrected chi connectivity index (χ3v) is 2.27. The van der Waals surface area contributed by atoms with Gasteiger partial charge in [0.05, 0.1) is 5.56 Å². The van der Waals surface area contributed by atoms with Crippen LogP contribution in [0.4, 0.5) is 10.1 Å². The zero-order chi connectivity index (χ0) is 13.0. The molecule has 0 fully saturated rings. The summed E-state index contributed by atoms with van der Waals surface area (Å²) in [6.45, 7) is 2.37. The lowest BCUT2D eigenvalue weighted by Crippen LogP contribution is -2.20. The van der Waals surface area contributed by atoms with E-state index in [1.807, 2.05) is 19.0 Å². The van der Waals surface area contributed by atoms with Crippen molar-refractivity contribution in [3.8, 4) is 0 Å². The predicted octanol–water partition coefficient (Wildman–Crippen LogP) is 1.43. The van der Waals surface area contributed by atoms with Crippen LogP contribution in [0.5, 0.6) is 0 Å². The van der Waals surface area contributed by atoms with E-state index >= 15 is 0 Å². The van der Waals surface area contributed by atoms with Crippen molar-refractivity contribution in [3.63, 3.8) is 0 Å². The first-order valence-electron chi connectivity index (χ1n) is 5.29. The molecule has 0 spiro atoms. The predicted molar refractivity (Wildman–Crippen MR) is 64.4 cm³/mol. The Morgan fingerprint density at radius 1 is 1.47 bits per heavy atom. The first-order chi connectivity index (χ1) is 7.91. The van der Waals surface area contributed by atoms with E-state index in [1.54, 1.807) is 6.92 Å². The van der Waals surface area contributed by atoms with E-state index in [0.717, 1.165) is 0 Å². The monoisotopic (exact) mass is 240 g/mol. The second kappa shape index (κ2) is 5.63. The van der Waals surface area contributed by atoms with Crippen LogP contribution in [0.1, 0.15) is 15.9 Å². The molecule has 2 N–H and O–H groups in total. The molecule has 0 aliphatic carbocycles. The number of rotatable bonds is 4. The lowest BCUT2D eigenvalue weighted by atomic mass is 10.1. The van der Waals surface area contributed by atoms with Gasteiger partial charge in [0.1, 0.15) is 12.4 Å². The molecule has 0 amide bonds. The first kappa shape index (κ1) is 13.4. The number of anilines is 1. The van der Waals surface area contributed by atoms with E-state index in [-0.39, 0.29) is 12.2 Å². The van der Waals surface area contributed by atoms with Crippen LogP contribution in [-0.4, -0.2) is 38.1 Å². The second-order valence-corrected chi connectivity index (χ2v) is 4.14. The molecule has 0 saturated carbocycles. The van der Waals surface area contributed by atoms with Gasteiger partial charge in [-0.05, 0) is 38.7 Å². The van der Waals surface area contributed by atoms with Crippen LogP contribution < -0.4 is 5.73 Å². The normalized spacial score (nSPS) is 10.6. The topological polar surface area (TPSA) is 55.6 Å². The number of halogens is 1. The van der Waals surface area contributed by atoms with E-state index in [2.05, 4.69) is 0 Å². The Labute approximate surface area is 100 Å². The van der Waals surface area contributed by atoms with Crippen LogP contribution >= 0.6 is 0 Å². The number of likely N-dealkylation sites (N-methyl/N-ethyl adjacent to an activating group) is 1. The fourth-order valence-corrected chi connectivity index (χ4v) is 1.34. The van der Waals surface area contributed by atoms with Crippen molar-refractivity contribution in [1.29, 1.82) is 0 Å². The van der Waals surface area contributed by atoms with Gasteiger partial charge in [-0.15, -0.1) is 0 Å². The second-order valence-electron chi connectivity index (χ2n) is 4.14. The third-order valence-electron chi connectivity index (χ3n) is 2.27. The molecule has 0 unspecified atom stereocenters. The van der Waals surface area contributed by atoms with Gasteiger partial charge in [0.15, 0.2) is 0 Å². The molecule has 1 aromatic carbocycles. The molecular formula is C12H17FN2O2. The van der Waals surface area contributed by atoms with Gasteiger partial charge in [-0.3, -0.25) is 0 Å². The largest absolute Gasteiger partial charge is 0.461 e. The Morgan fingerprint density at radius 2 is 2.12 bits per heavy atom. The van der Waals surface area contributed by atoms with Gasteiger partial charge in [-0.25, -0.2) is 9.18 Å². The Bertz CT molecular complexity index is 419. The van der Waals surface area contributed by atoms with E-state index < -0.39 is 11.8 Å². The Balaban J connectivity index is 2.75. The van der Waals surface area contributed by atoms with Crippen molar-refractivity contribution in [1.82, 2.24) is 4.90 Å². The average Bonchev–Trinajstić information content (AvgIpc) is 2.22. The summed E-state index contributed by atoms with van der Waals surface area (Å²) in [5.74, 6) is -1.26. The highest BCUT2D eigenvalue weighted by Gasteiger charge is 2.15. The molecule has 94 valence electrons. The quantitative estimate of drug-likeness (QED) is 0.639. The summed E-state index contributed by atoms with van der Waals surface area (Å²) < 4.78 is 18.6. The average molecular weight is 240 g/mol. The van der Waals surface area contributed by atoms with E-state index in [1.165, 1.54) is 12.1 Å². The number of aryl methyl sites for hydroxylation is 1. The summed E-state index contributed by atoms with van der Waals surface area (Å²) in [4.78, 5) is 13.5. The molecule has 0 aromatic heterocycles. The molecule has 0 aliphatic rings. The highest BCUT2D eigenvalue weighted by Crippen LogP contribution is 2.17. The molecule has 0 heterocycles. The lowest BCUT2D eigenvalue weighted by molar-refractivity contribution is 0.0476. The van der Waals surface area contributed by atoms with Crippen LogP contribution in [0.3, 0.4) is 0 Å². The molecule has 0 saturated heterocycles. The summed E-state index contributed by atoms with van der Waals surface area (Å²) in [6, 6.07) is 2.77. The molecule has 1 aromatic rings. The van der Waals surface area contributed by atoms with Gasteiger partial charge in [-0.2, -0.15) is 0 Å². The number of nitrogen functional groups attached to an aromatic ring is 1. The van der Waals surface area contributed by atoms with Crippen molar-refractivity contribution in [2.45, 2.75) is 6.92 Å². The SMILES string of the molecule is Cc1cc(N)cc(C(=O)OCCN(C)C)c1F. The maximum Gasteiger partial charge on any atom is 0.341 e. The molecule has 0 aliphatic heterocycles. The number of carbonyl (C=O) groups excluding carboxylic acids is 1. The molecule has 0 atom stereocenters. The Hall–Kier alpha value is -1.62. The van der Waals surface area contributed by atoms with Crippen LogP contribution in [0.15, 0.2) is 12.1 Å². The number of ether oxygens (including phenoxy) is 1. The number of hydrogen-bond acceptors (Lipinski definition) is 4. The van der Waals surface area contributed by atoms with Crippen LogP contribution in [-0.2, 0) is 4.74 Å². The number of carbonyl (C=O) groups is 1. The molecule has 0 bridgehead atoms. The van der Waals surface area contributed by atoms with Gasteiger partial charge < -0.3 is 15.4 Å². The number of hydrogen-bond donors (Lipinski definition) is 1. The maximum absolute atomic E-state index is 13.7. The zero-order valence-electron chi connectivity index (χ0n) is 10.3. The molecule has 4 nitrogen and oxygen atoms in total. The van der Waals surface area contributed by atoms with E-state index in [0.29, 0.717) is 17.8 Å². The highest BCUT2D eigenvalue weighted by atomic mass is 19.1. The van der Waals surface area contributed by atoms with Crippen molar-refractivity contribution in [2.24, 2.45) is 0 Å². The van der Waals surface area contributed by atoms with Gasteiger partial charge in [-0.1, -0.05) is 0 Å². The summed E-state index contributed by atoms with van der Waals surface area (Å²) in [5.41, 5.74) is 6.14. The van der Waals surface area contributed by atoms with Crippen molar-refractivity contribution >= 4 is 11.7 Å². The summed E-state index contributed by atoms with van der Waals surface area (Å²) >= 11 is 0. The van der Waals surface area contributed by atoms with E-state index in [9.17, 15) is 9.18 Å². The van der Waals surface area contributed by atoms with Crippen LogP contribution in [0.2, 0.25) is 0 Å². The van der Waals surface area contributed by atoms with Gasteiger partial charge in [0.25, 0.3) is 0 Å². The van der Waals surface area contributed by atoms with Crippen molar-refractivity contribution in [2.75, 3.05) is 33.0 Å². The summed E-state index contributed by atoms with van der Waals surface area (Å²) in [5, 5.41) is 0. The van der Waals surface area contributed by atoms with Gasteiger partial charge in [0.2, 0.25) is 0 Å². The smallest absolute Gasteiger partial charge is 0.341 e. The summed E-state index contributed by atoms with van der Waals surface area (Å²) in [6.07, 6.45) is 0. The van der Waals surface area contributed by atoms with Gasteiger partial charge >= 0.3 is 5.97 Å². The molecular weight excluding hydrogens is 223 g/mol. The van der Waals surface area contributed by atoms with Crippen LogP contribution in [0.25, 0.3) is 0 Å². The number of benzene rings is 1. The lowest BCUT2D eigenvalue weighted by Gasteiger charge is -2.11. The molecule has 17 heavy (non-hydrogen) atoms. The minimum Gasteiger partial charge on any atom is -0.461 e. The van der Waals surface area contributed by atoms with Crippen molar-refractivity contribution in [3.05, 3.63) is 29.1 Å². The highest BCUT2D eigenvalue weighted by molar-refractivity contribution is 5.91. The third kappa shape index (κ3) is 3.71. The van der Waals surface area contributed by atoms with E-state index in [4.69, 9.17) is 10.5 Å². The minimum atomic E-state index is -0.681. The number of nitrogens with zero attached hydrogens (tertiary/aromatic N) is 1. The van der Waals surface area contributed by atoms with Crippen molar-refractivity contribution < 1.29 is 13.9 Å². The molecule has 0 radical (unpaired) electrons. The fourth-order valence-electron chi connectivity index (χ4n) is 1.34. The Kier molecular flexibility index (Phi) is 4.45. The number of esters is 1. The first-order valence-corrected chi connectivity index (χ1v) is 5.29.